The van der Waals surface area contributed by atoms with E-state index in [2.05, 4.69) is 0 Å². The van der Waals surface area contributed by atoms with Gasteiger partial charge < -0.3 is 5.11 Å². The first kappa shape index (κ1) is 24.5. The largest absolute Gasteiger partial charge is 0.380 e. The number of aliphatic hydroxyl groups excluding tert-OH is 1. The number of rotatable bonds is 6. The minimum atomic E-state index is -1.08. The van der Waals surface area contributed by atoms with Crippen LogP contribution in [-0.2, 0) is 0 Å². The van der Waals surface area contributed by atoms with E-state index < -0.39 is 17.7 Å². The van der Waals surface area contributed by atoms with Crippen LogP contribution in [0.15, 0.2) is 109 Å². The van der Waals surface area contributed by atoms with E-state index in [1.165, 1.54) is 0 Å². The van der Waals surface area contributed by atoms with Crippen molar-refractivity contribution in [2.75, 3.05) is 0 Å². The van der Waals surface area contributed by atoms with Crippen LogP contribution in [0, 0.1) is 13.8 Å². The number of benzene rings is 4. The van der Waals surface area contributed by atoms with Crippen molar-refractivity contribution >= 4 is 17.3 Å². The molecule has 4 nitrogen and oxygen atoms in total. The van der Waals surface area contributed by atoms with Gasteiger partial charge in [0.05, 0.1) is 0 Å². The zero-order chi connectivity index (χ0) is 24.5. The highest BCUT2D eigenvalue weighted by Crippen LogP contribution is 2.17. The van der Waals surface area contributed by atoms with Gasteiger partial charge in [-0.15, -0.1) is 0 Å². The minimum absolute atomic E-state index is 0.271. The van der Waals surface area contributed by atoms with Gasteiger partial charge in [-0.1, -0.05) is 120 Å². The molecule has 0 amide bonds. The van der Waals surface area contributed by atoms with Crippen molar-refractivity contribution in [1.82, 2.24) is 0 Å². The van der Waals surface area contributed by atoms with Crippen LogP contribution >= 0.6 is 0 Å². The molecule has 0 radical (unpaired) electrons. The van der Waals surface area contributed by atoms with Crippen molar-refractivity contribution in [1.29, 1.82) is 0 Å². The van der Waals surface area contributed by atoms with Gasteiger partial charge in [-0.05, 0) is 19.4 Å². The highest BCUT2D eigenvalue weighted by Gasteiger charge is 2.18. The topological polar surface area (TPSA) is 71.4 Å². The first-order chi connectivity index (χ1) is 16.4. The van der Waals surface area contributed by atoms with Gasteiger partial charge in [-0.3, -0.25) is 14.4 Å². The number of aliphatic hydroxyl groups is 1. The number of hydrogen-bond donors (Lipinski definition) is 1. The minimum Gasteiger partial charge on any atom is -0.380 e. The van der Waals surface area contributed by atoms with E-state index in [-0.39, 0.29) is 5.78 Å². The van der Waals surface area contributed by atoms with E-state index in [0.717, 1.165) is 11.1 Å². The molecule has 0 saturated carbocycles. The lowest BCUT2D eigenvalue weighted by Gasteiger charge is -2.09. The summed E-state index contributed by atoms with van der Waals surface area (Å²) >= 11 is 0. The first-order valence-corrected chi connectivity index (χ1v) is 10.9. The lowest BCUT2D eigenvalue weighted by Crippen LogP contribution is -2.14. The highest BCUT2D eigenvalue weighted by molar-refractivity contribution is 6.49. The van der Waals surface area contributed by atoms with Crippen LogP contribution in [0.25, 0.3) is 0 Å². The number of ketones is 3. The molecule has 0 spiro atoms. The molecule has 0 heterocycles. The maximum atomic E-state index is 12.0. The van der Waals surface area contributed by atoms with Gasteiger partial charge in [0.2, 0.25) is 11.6 Å². The summed E-state index contributed by atoms with van der Waals surface area (Å²) in [5.41, 5.74) is 4.15. The van der Waals surface area contributed by atoms with Crippen molar-refractivity contribution in [2.45, 2.75) is 20.0 Å². The number of aryl methyl sites for hydroxylation is 2. The lowest BCUT2D eigenvalue weighted by molar-refractivity contribution is 0.0747. The summed E-state index contributed by atoms with van der Waals surface area (Å²) in [6.07, 6.45) is -1.08. The third-order valence-electron chi connectivity index (χ3n) is 5.26. The van der Waals surface area contributed by atoms with E-state index in [4.69, 9.17) is 0 Å². The van der Waals surface area contributed by atoms with Gasteiger partial charge in [-0.25, -0.2) is 0 Å². The first-order valence-electron chi connectivity index (χ1n) is 10.9. The predicted molar refractivity (Wildman–Crippen MR) is 133 cm³/mol. The fourth-order valence-corrected chi connectivity index (χ4v) is 3.22. The molecule has 0 aliphatic carbocycles. The van der Waals surface area contributed by atoms with Crippen LogP contribution in [0.2, 0.25) is 0 Å². The van der Waals surface area contributed by atoms with Crippen LogP contribution in [0.3, 0.4) is 0 Å². The van der Waals surface area contributed by atoms with Crippen LogP contribution in [0.5, 0.6) is 0 Å². The molecule has 1 atom stereocenters. The van der Waals surface area contributed by atoms with E-state index >= 15 is 0 Å². The summed E-state index contributed by atoms with van der Waals surface area (Å²) in [4.78, 5) is 35.9. The summed E-state index contributed by atoms with van der Waals surface area (Å²) in [7, 11) is 0. The molecular weight excluding hydrogens is 424 g/mol. The summed E-state index contributed by atoms with van der Waals surface area (Å²) < 4.78 is 0. The molecule has 0 bridgehead atoms. The van der Waals surface area contributed by atoms with Crippen molar-refractivity contribution in [2.24, 2.45) is 0 Å². The van der Waals surface area contributed by atoms with Gasteiger partial charge in [0.15, 0.2) is 5.78 Å². The normalized spacial score (nSPS) is 11.0. The predicted octanol–water partition coefficient (Wildman–Crippen LogP) is 5.97. The highest BCUT2D eigenvalue weighted by atomic mass is 16.3. The summed E-state index contributed by atoms with van der Waals surface area (Å²) in [5.74, 6) is -1.19. The third kappa shape index (κ3) is 6.44. The second-order valence-corrected chi connectivity index (χ2v) is 7.93. The van der Waals surface area contributed by atoms with E-state index in [0.29, 0.717) is 22.3 Å². The monoisotopic (exact) mass is 450 g/mol. The standard InChI is InChI=1S/C16H14O2.C14H12O2/c1-11-3-7-13(8-4-11)15(17)16(18)14-9-5-12(2)6-10-14;15-13(11-7-3-1-4-8-11)14(16)12-9-5-2-6-10-12/h3-10H,1-2H3;1-10,13,15H. The number of hydrogen-bond acceptors (Lipinski definition) is 4. The molecular formula is C30H26O4. The molecule has 0 aliphatic heterocycles. The Balaban J connectivity index is 0.000000192. The molecule has 0 aromatic heterocycles. The van der Waals surface area contributed by atoms with E-state index in [9.17, 15) is 19.5 Å². The number of carbonyl (C=O) groups is 3. The maximum absolute atomic E-state index is 12.0. The van der Waals surface area contributed by atoms with Gasteiger partial charge >= 0.3 is 0 Å². The smallest absolute Gasteiger partial charge is 0.233 e. The summed E-state index contributed by atoms with van der Waals surface area (Å²) in [5, 5.41) is 9.89. The van der Waals surface area contributed by atoms with Gasteiger partial charge in [0.1, 0.15) is 6.10 Å². The molecule has 4 aromatic carbocycles. The summed E-state index contributed by atoms with van der Waals surface area (Å²) in [6.45, 7) is 3.88. The Morgan fingerprint density at radius 2 is 0.912 bits per heavy atom. The number of carbonyl (C=O) groups excluding carboxylic acids is 3. The van der Waals surface area contributed by atoms with E-state index in [1.54, 1.807) is 72.8 Å². The molecule has 4 aromatic rings. The van der Waals surface area contributed by atoms with Crippen molar-refractivity contribution in [3.63, 3.8) is 0 Å². The molecule has 0 saturated heterocycles. The molecule has 1 unspecified atom stereocenters. The van der Waals surface area contributed by atoms with Crippen molar-refractivity contribution < 1.29 is 19.5 Å². The average Bonchev–Trinajstić information content (AvgIpc) is 2.89. The zero-order valence-electron chi connectivity index (χ0n) is 19.1. The zero-order valence-corrected chi connectivity index (χ0v) is 19.1. The van der Waals surface area contributed by atoms with Crippen LogP contribution < -0.4 is 0 Å². The Morgan fingerprint density at radius 1 is 0.529 bits per heavy atom. The SMILES string of the molecule is Cc1ccc(C(=O)C(=O)c2ccc(C)cc2)cc1.O=C(c1ccccc1)C(O)c1ccccc1. The Bertz CT molecular complexity index is 1190. The molecule has 34 heavy (non-hydrogen) atoms. The quantitative estimate of drug-likeness (QED) is 0.290. The van der Waals surface area contributed by atoms with Crippen molar-refractivity contribution in [3.8, 4) is 0 Å². The van der Waals surface area contributed by atoms with Crippen LogP contribution in [0.4, 0.5) is 0 Å². The molecule has 0 fully saturated rings. The second kappa shape index (κ2) is 11.6. The average molecular weight is 451 g/mol. The third-order valence-corrected chi connectivity index (χ3v) is 5.26. The molecule has 170 valence electrons. The fraction of sp³-hybridized carbons (Fsp3) is 0.100. The van der Waals surface area contributed by atoms with Gasteiger partial charge in [0, 0.05) is 16.7 Å². The Kier molecular flexibility index (Phi) is 8.38. The second-order valence-electron chi connectivity index (χ2n) is 7.93. The molecule has 4 heteroatoms. The van der Waals surface area contributed by atoms with E-state index in [1.807, 2.05) is 50.2 Å². The van der Waals surface area contributed by atoms with Gasteiger partial charge in [-0.2, -0.15) is 0 Å². The Labute approximate surface area is 199 Å². The fourth-order valence-electron chi connectivity index (χ4n) is 3.22. The lowest BCUT2D eigenvalue weighted by atomic mass is 10.00. The maximum Gasteiger partial charge on any atom is 0.233 e. The number of Topliss-reactive ketones (excluding diaryl/α,β-unsaturated/α-hetero) is 3. The Hall–Kier alpha value is -4.15. The molecule has 0 aliphatic rings. The summed E-state index contributed by atoms with van der Waals surface area (Å²) in [6, 6.07) is 31.8. The Morgan fingerprint density at radius 3 is 1.32 bits per heavy atom. The molecule has 4 rings (SSSR count). The molecule has 1 N–H and O–H groups in total. The van der Waals surface area contributed by atoms with Crippen LogP contribution in [0.1, 0.15) is 53.9 Å². The van der Waals surface area contributed by atoms with Gasteiger partial charge in [0.25, 0.3) is 0 Å². The van der Waals surface area contributed by atoms with Crippen LogP contribution in [-0.4, -0.2) is 22.5 Å². The van der Waals surface area contributed by atoms with Crippen molar-refractivity contribution in [3.05, 3.63) is 143 Å².